The smallest absolute Gasteiger partial charge is 0.328 e. The van der Waals surface area contributed by atoms with Gasteiger partial charge in [0.1, 0.15) is 31.2 Å². The van der Waals surface area contributed by atoms with Crippen LogP contribution in [0.1, 0.15) is 18.1 Å². The summed E-state index contributed by atoms with van der Waals surface area (Å²) in [6.07, 6.45) is 13.0. The number of carboxylic acids is 1. The molecule has 0 radical (unpaired) electrons. The molecule has 3 heterocycles. The summed E-state index contributed by atoms with van der Waals surface area (Å²) in [5, 5.41) is 16.0. The highest BCUT2D eigenvalue weighted by Gasteiger charge is 2.36. The van der Waals surface area contributed by atoms with Crippen molar-refractivity contribution in [2.45, 2.75) is 26.0 Å². The molecule has 1 saturated heterocycles. The number of pyridine rings is 1. The SMILES string of the molecule is CCc1cc2cc3c([n+](C)c2cc1OC)-c1ccc(N2CC(C(=O)NC(CNC(=O)C4=C/C=C\C=C/C=C4)C(=O)O)C2)cc1OC3. The van der Waals surface area contributed by atoms with Gasteiger partial charge < -0.3 is 30.1 Å². The van der Waals surface area contributed by atoms with E-state index in [1.54, 1.807) is 43.6 Å². The van der Waals surface area contributed by atoms with Gasteiger partial charge in [0.25, 0.3) is 5.91 Å². The van der Waals surface area contributed by atoms with E-state index in [4.69, 9.17) is 9.47 Å². The van der Waals surface area contributed by atoms with E-state index in [2.05, 4.69) is 58.3 Å². The van der Waals surface area contributed by atoms with Gasteiger partial charge in [0.15, 0.2) is 0 Å². The minimum absolute atomic E-state index is 0.232. The minimum atomic E-state index is -1.25. The van der Waals surface area contributed by atoms with Crippen molar-refractivity contribution in [1.29, 1.82) is 0 Å². The predicted octanol–water partition coefficient (Wildman–Crippen LogP) is 3.53. The molecule has 1 atom stereocenters. The molecule has 2 aromatic carbocycles. The molecule has 2 amide bonds. The number of methoxy groups -OCH3 is 1. The second-order valence-corrected chi connectivity index (χ2v) is 11.6. The molecule has 0 bridgehead atoms. The van der Waals surface area contributed by atoms with E-state index in [1.165, 1.54) is 0 Å². The molecule has 46 heavy (non-hydrogen) atoms. The molecule has 1 aliphatic carbocycles. The molecule has 10 nitrogen and oxygen atoms in total. The van der Waals surface area contributed by atoms with E-state index < -0.39 is 17.9 Å². The number of hydrogen-bond donors (Lipinski definition) is 3. The number of allylic oxidation sites excluding steroid dienone is 6. The first-order chi connectivity index (χ1) is 22.3. The van der Waals surface area contributed by atoms with E-state index >= 15 is 0 Å². The average Bonchev–Trinajstić information content (AvgIpc) is 3.01. The molecule has 1 unspecified atom stereocenters. The number of aromatic nitrogens is 1. The van der Waals surface area contributed by atoms with E-state index in [9.17, 15) is 19.5 Å². The molecule has 3 N–H and O–H groups in total. The van der Waals surface area contributed by atoms with Crippen molar-refractivity contribution in [3.63, 3.8) is 0 Å². The van der Waals surface area contributed by atoms with Crippen molar-refractivity contribution in [2.24, 2.45) is 13.0 Å². The van der Waals surface area contributed by atoms with Gasteiger partial charge >= 0.3 is 5.97 Å². The maximum absolute atomic E-state index is 13.0. The summed E-state index contributed by atoms with van der Waals surface area (Å²) in [5.41, 5.74) is 6.74. The second kappa shape index (κ2) is 12.9. The quantitative estimate of drug-likeness (QED) is 0.313. The monoisotopic (exact) mass is 621 g/mol. The molecule has 3 aromatic rings. The zero-order valence-corrected chi connectivity index (χ0v) is 26.1. The number of carbonyl (C=O) groups is 3. The van der Waals surface area contributed by atoms with E-state index in [0.29, 0.717) is 25.3 Å². The number of anilines is 1. The van der Waals surface area contributed by atoms with Gasteiger partial charge in [-0.05, 0) is 48.4 Å². The number of ether oxygens (including phenoxy) is 2. The third-order valence-corrected chi connectivity index (χ3v) is 8.70. The Hall–Kier alpha value is -5.38. The van der Waals surface area contributed by atoms with Gasteiger partial charge in [0, 0.05) is 42.3 Å². The molecule has 236 valence electrons. The third kappa shape index (κ3) is 5.98. The van der Waals surface area contributed by atoms with Crippen molar-refractivity contribution in [2.75, 3.05) is 31.6 Å². The number of hydrogen-bond acceptors (Lipinski definition) is 6. The molecule has 10 heteroatoms. The fourth-order valence-electron chi connectivity index (χ4n) is 6.10. The maximum Gasteiger partial charge on any atom is 0.328 e. The van der Waals surface area contributed by atoms with Gasteiger partial charge in [-0.15, -0.1) is 0 Å². The Kier molecular flexibility index (Phi) is 8.61. The lowest BCUT2D eigenvalue weighted by Gasteiger charge is -2.40. The van der Waals surface area contributed by atoms with Crippen LogP contribution in [0, 0.1) is 5.92 Å². The van der Waals surface area contributed by atoms with Crippen LogP contribution in [0.15, 0.2) is 84.5 Å². The van der Waals surface area contributed by atoms with Crippen molar-refractivity contribution in [3.05, 3.63) is 95.6 Å². The van der Waals surface area contributed by atoms with Crippen LogP contribution in [0.4, 0.5) is 5.69 Å². The van der Waals surface area contributed by atoms with E-state index in [0.717, 1.165) is 56.9 Å². The highest BCUT2D eigenvalue weighted by molar-refractivity contribution is 5.97. The average molecular weight is 622 g/mol. The Morgan fingerprint density at radius 3 is 2.63 bits per heavy atom. The number of carboxylic acid groups (broad SMARTS) is 1. The minimum Gasteiger partial charge on any atom is -0.496 e. The number of fused-ring (bicyclic) bond motifs is 4. The van der Waals surface area contributed by atoms with Crippen LogP contribution >= 0.6 is 0 Å². The van der Waals surface area contributed by atoms with Crippen molar-refractivity contribution >= 4 is 34.4 Å². The van der Waals surface area contributed by atoms with Gasteiger partial charge in [0.05, 0.1) is 30.2 Å². The summed E-state index contributed by atoms with van der Waals surface area (Å²) in [4.78, 5) is 39.5. The van der Waals surface area contributed by atoms with Gasteiger partial charge in [-0.2, -0.15) is 4.57 Å². The Balaban J connectivity index is 1.10. The second-order valence-electron chi connectivity index (χ2n) is 11.6. The Morgan fingerprint density at radius 2 is 1.87 bits per heavy atom. The summed E-state index contributed by atoms with van der Waals surface area (Å²) in [5.74, 6) is -0.731. The molecule has 1 fully saturated rings. The van der Waals surface area contributed by atoms with Crippen LogP contribution in [0.3, 0.4) is 0 Å². The molecule has 1 aromatic heterocycles. The first-order valence-corrected chi connectivity index (χ1v) is 15.3. The number of benzene rings is 2. The number of nitrogens with zero attached hydrogens (tertiary/aromatic N) is 2. The zero-order chi connectivity index (χ0) is 32.4. The normalized spacial score (nSPS) is 17.2. The standard InChI is InChI=1S/C36H36N4O6/c1-4-22-14-24-15-25-21-46-32-16-27(12-13-28(32)33(25)39(2)30(24)17-31(22)45-3)40-19-26(20-40)35(42)38-29(36(43)44)18-37-34(41)23-10-8-6-5-7-9-11-23/h5-17,26,29H,4,18-21H2,1-3H3,(H2-,37,38,41,42,43,44)/p+1/b6-5-,7-5?,8-6?,9-7-,10-8?,11-9?,23-10?,23-11?. The number of aliphatic carboxylic acids is 1. The van der Waals surface area contributed by atoms with Gasteiger partial charge in [-0.25, -0.2) is 4.79 Å². The lowest BCUT2D eigenvalue weighted by molar-refractivity contribution is -0.634. The highest BCUT2D eigenvalue weighted by Crippen LogP contribution is 2.40. The van der Waals surface area contributed by atoms with Crippen LogP contribution in [-0.2, 0) is 34.5 Å². The topological polar surface area (TPSA) is 121 Å². The summed E-state index contributed by atoms with van der Waals surface area (Å²) in [6.45, 7) is 3.21. The van der Waals surface area contributed by atoms with Gasteiger partial charge in [-0.1, -0.05) is 37.3 Å². The zero-order valence-electron chi connectivity index (χ0n) is 26.1. The molecule has 6 rings (SSSR count). The summed E-state index contributed by atoms with van der Waals surface area (Å²) in [6, 6.07) is 11.3. The summed E-state index contributed by atoms with van der Waals surface area (Å²) < 4.78 is 14.1. The first kappa shape index (κ1) is 30.6. The lowest BCUT2D eigenvalue weighted by atomic mass is 9.95. The summed E-state index contributed by atoms with van der Waals surface area (Å²) >= 11 is 0. The molecule has 3 aliphatic rings. The number of amides is 2. The van der Waals surface area contributed by atoms with E-state index in [-0.39, 0.29) is 18.4 Å². The van der Waals surface area contributed by atoms with E-state index in [1.807, 2.05) is 18.2 Å². The largest absolute Gasteiger partial charge is 0.496 e. The van der Waals surface area contributed by atoms with Crippen LogP contribution in [0.5, 0.6) is 11.5 Å². The molecule has 0 spiro atoms. The first-order valence-electron chi connectivity index (χ1n) is 15.3. The number of nitrogens with one attached hydrogen (secondary N) is 2. The third-order valence-electron chi connectivity index (χ3n) is 8.70. The van der Waals surface area contributed by atoms with Crippen LogP contribution < -0.4 is 29.6 Å². The van der Waals surface area contributed by atoms with Crippen molar-refractivity contribution in [1.82, 2.24) is 10.6 Å². The fourth-order valence-corrected chi connectivity index (χ4v) is 6.10. The summed E-state index contributed by atoms with van der Waals surface area (Å²) in [7, 11) is 3.76. The number of carbonyl (C=O) groups excluding carboxylic acids is 2. The van der Waals surface area contributed by atoms with Crippen molar-refractivity contribution in [3.8, 4) is 22.8 Å². The Labute approximate surface area is 267 Å². The molecular weight excluding hydrogens is 584 g/mol. The fraction of sp³-hybridized carbons (Fsp3) is 0.278. The predicted molar refractivity (Wildman–Crippen MR) is 175 cm³/mol. The molecule has 2 aliphatic heterocycles. The maximum atomic E-state index is 13.0. The number of rotatable bonds is 9. The van der Waals surface area contributed by atoms with Crippen LogP contribution in [0.2, 0.25) is 0 Å². The van der Waals surface area contributed by atoms with Gasteiger partial charge in [0.2, 0.25) is 17.1 Å². The van der Waals surface area contributed by atoms with Crippen LogP contribution in [0.25, 0.3) is 22.2 Å². The highest BCUT2D eigenvalue weighted by atomic mass is 16.5. The van der Waals surface area contributed by atoms with Crippen molar-refractivity contribution < 1.29 is 33.5 Å². The van der Waals surface area contributed by atoms with Crippen LogP contribution in [-0.4, -0.2) is 55.7 Å². The Morgan fingerprint density at radius 1 is 1.09 bits per heavy atom. The van der Waals surface area contributed by atoms with Gasteiger partial charge in [-0.3, -0.25) is 9.59 Å². The number of aryl methyl sites for hydroxylation is 2. The molecule has 0 saturated carbocycles. The molecular formula is C36H37N4O6+. The lowest BCUT2D eigenvalue weighted by Crippen LogP contribution is -2.58. The Bertz CT molecular complexity index is 1850.